The van der Waals surface area contributed by atoms with Gasteiger partial charge >= 0.3 is 0 Å². The Morgan fingerprint density at radius 3 is 2.41 bits per heavy atom. The number of methoxy groups -OCH3 is 2. The molecule has 1 unspecified atom stereocenters. The third-order valence-corrected chi connectivity index (χ3v) is 6.17. The highest BCUT2D eigenvalue weighted by Gasteiger charge is 2.42. The first-order valence-electron chi connectivity index (χ1n) is 10.9. The van der Waals surface area contributed by atoms with Crippen molar-refractivity contribution in [3.05, 3.63) is 99.4 Å². The number of amides is 1. The number of carbonyl (C=O) groups excluding carboxylic acids is 1. The molecule has 1 aromatic heterocycles. The standard InChI is InChI=1S/C27H23NO6/c1-32-21-12-7-16(15-22(21)33-2)13-14-28-24(17-8-10-18(29)11-9-17)23-25(30)19-5-3-4-6-20(19)34-26(23)27(28)31/h3-12,15,24,29H,13-14H2,1-2H3. The first kappa shape index (κ1) is 21.6. The molecule has 4 aromatic rings. The molecule has 1 atom stereocenters. The minimum Gasteiger partial charge on any atom is -0.508 e. The average Bonchev–Trinajstić information content (AvgIpc) is 3.14. The number of nitrogens with zero attached hydrogens (tertiary/aromatic N) is 1. The van der Waals surface area contributed by atoms with Crippen LogP contribution >= 0.6 is 0 Å². The average molecular weight is 457 g/mol. The third-order valence-electron chi connectivity index (χ3n) is 6.17. The molecule has 7 nitrogen and oxygen atoms in total. The summed E-state index contributed by atoms with van der Waals surface area (Å²) in [6.07, 6.45) is 0.530. The van der Waals surface area contributed by atoms with Crippen LogP contribution in [0.1, 0.15) is 33.3 Å². The van der Waals surface area contributed by atoms with E-state index < -0.39 is 6.04 Å². The third kappa shape index (κ3) is 3.55. The van der Waals surface area contributed by atoms with Crippen molar-refractivity contribution < 1.29 is 23.8 Å². The monoisotopic (exact) mass is 457 g/mol. The molecule has 1 N–H and O–H groups in total. The maximum atomic E-state index is 13.5. The largest absolute Gasteiger partial charge is 0.508 e. The zero-order valence-corrected chi connectivity index (χ0v) is 18.8. The van der Waals surface area contributed by atoms with E-state index in [0.717, 1.165) is 11.1 Å². The van der Waals surface area contributed by atoms with Crippen LogP contribution in [-0.2, 0) is 6.42 Å². The van der Waals surface area contributed by atoms with Gasteiger partial charge in [0, 0.05) is 6.54 Å². The molecule has 0 saturated heterocycles. The van der Waals surface area contributed by atoms with E-state index in [2.05, 4.69) is 0 Å². The number of hydrogen-bond acceptors (Lipinski definition) is 6. The van der Waals surface area contributed by atoms with Crippen LogP contribution in [0.3, 0.4) is 0 Å². The van der Waals surface area contributed by atoms with Gasteiger partial charge in [-0.15, -0.1) is 0 Å². The first-order valence-corrected chi connectivity index (χ1v) is 10.9. The molecule has 1 aliphatic heterocycles. The van der Waals surface area contributed by atoms with E-state index in [9.17, 15) is 14.7 Å². The Kier molecular flexibility index (Phi) is 5.45. The lowest BCUT2D eigenvalue weighted by Crippen LogP contribution is -2.31. The van der Waals surface area contributed by atoms with Gasteiger partial charge in [-0.3, -0.25) is 9.59 Å². The molecule has 3 aromatic carbocycles. The van der Waals surface area contributed by atoms with Crippen LogP contribution in [0.4, 0.5) is 0 Å². The van der Waals surface area contributed by atoms with Gasteiger partial charge in [0.2, 0.25) is 5.76 Å². The van der Waals surface area contributed by atoms with Gasteiger partial charge in [0.05, 0.1) is 31.2 Å². The topological polar surface area (TPSA) is 89.2 Å². The van der Waals surface area contributed by atoms with Crippen molar-refractivity contribution >= 4 is 16.9 Å². The van der Waals surface area contributed by atoms with Crippen LogP contribution in [0.25, 0.3) is 11.0 Å². The van der Waals surface area contributed by atoms with Crippen molar-refractivity contribution in [2.75, 3.05) is 20.8 Å². The lowest BCUT2D eigenvalue weighted by Gasteiger charge is -2.25. The predicted octanol–water partition coefficient (Wildman–Crippen LogP) is 4.30. The zero-order valence-electron chi connectivity index (χ0n) is 18.8. The Labute approximate surface area is 195 Å². The number of phenolic OH excluding ortho intramolecular Hbond substituents is 1. The molecule has 0 fully saturated rings. The Morgan fingerprint density at radius 2 is 1.68 bits per heavy atom. The number of fused-ring (bicyclic) bond motifs is 2. The molecule has 34 heavy (non-hydrogen) atoms. The first-order chi connectivity index (χ1) is 16.5. The molecule has 0 radical (unpaired) electrons. The Bertz CT molecular complexity index is 1440. The summed E-state index contributed by atoms with van der Waals surface area (Å²) >= 11 is 0. The summed E-state index contributed by atoms with van der Waals surface area (Å²) < 4.78 is 16.6. The number of carbonyl (C=O) groups is 1. The number of rotatable bonds is 6. The Balaban J connectivity index is 1.57. The van der Waals surface area contributed by atoms with Crippen LogP contribution in [0.2, 0.25) is 0 Å². The van der Waals surface area contributed by atoms with Gasteiger partial charge in [-0.1, -0.05) is 30.3 Å². The molecule has 0 aliphatic carbocycles. The van der Waals surface area contributed by atoms with E-state index in [1.165, 1.54) is 0 Å². The van der Waals surface area contributed by atoms with Crippen molar-refractivity contribution in [3.63, 3.8) is 0 Å². The predicted molar refractivity (Wildman–Crippen MR) is 127 cm³/mol. The fraction of sp³-hybridized carbons (Fsp3) is 0.185. The van der Waals surface area contributed by atoms with Crippen LogP contribution in [-0.4, -0.2) is 36.7 Å². The number of para-hydroxylation sites is 1. The Hall–Kier alpha value is -4.26. The molecular formula is C27H23NO6. The summed E-state index contributed by atoms with van der Waals surface area (Å²) in [7, 11) is 3.15. The number of ether oxygens (including phenoxy) is 2. The normalized spacial score (nSPS) is 14.9. The molecule has 0 bridgehead atoms. The SMILES string of the molecule is COc1ccc(CCN2C(=O)c3oc4ccccc4c(=O)c3C2c2ccc(O)cc2)cc1OC. The van der Waals surface area contributed by atoms with Gasteiger partial charge < -0.3 is 23.9 Å². The second kappa shape index (κ2) is 8.59. The van der Waals surface area contributed by atoms with E-state index in [1.54, 1.807) is 67.7 Å². The fourth-order valence-electron chi connectivity index (χ4n) is 4.49. The highest BCUT2D eigenvalue weighted by Crippen LogP contribution is 2.39. The van der Waals surface area contributed by atoms with Crippen molar-refractivity contribution in [1.29, 1.82) is 0 Å². The molecule has 1 amide bonds. The lowest BCUT2D eigenvalue weighted by molar-refractivity contribution is 0.0730. The van der Waals surface area contributed by atoms with E-state index in [4.69, 9.17) is 13.9 Å². The van der Waals surface area contributed by atoms with Crippen molar-refractivity contribution in [3.8, 4) is 17.2 Å². The fourth-order valence-corrected chi connectivity index (χ4v) is 4.49. The summed E-state index contributed by atoms with van der Waals surface area (Å²) in [4.78, 5) is 28.6. The lowest BCUT2D eigenvalue weighted by atomic mass is 9.98. The maximum Gasteiger partial charge on any atom is 0.290 e. The number of benzene rings is 3. The smallest absolute Gasteiger partial charge is 0.290 e. The molecular weight excluding hydrogens is 434 g/mol. The summed E-state index contributed by atoms with van der Waals surface area (Å²) in [5.74, 6) is 1.06. The van der Waals surface area contributed by atoms with Gasteiger partial charge in [0.1, 0.15) is 11.3 Å². The van der Waals surface area contributed by atoms with Crippen molar-refractivity contribution in [2.24, 2.45) is 0 Å². The maximum absolute atomic E-state index is 13.5. The number of phenols is 1. The van der Waals surface area contributed by atoms with Crippen molar-refractivity contribution in [2.45, 2.75) is 12.5 Å². The highest BCUT2D eigenvalue weighted by atomic mass is 16.5. The molecule has 7 heteroatoms. The van der Waals surface area contributed by atoms with E-state index in [-0.39, 0.29) is 22.8 Å². The van der Waals surface area contributed by atoms with Gasteiger partial charge in [0.15, 0.2) is 16.9 Å². The van der Waals surface area contributed by atoms with Gasteiger partial charge in [-0.25, -0.2) is 0 Å². The summed E-state index contributed by atoms with van der Waals surface area (Å²) in [6, 6.07) is 18.5. The minimum absolute atomic E-state index is 0.0640. The Morgan fingerprint density at radius 1 is 0.941 bits per heavy atom. The quantitative estimate of drug-likeness (QED) is 0.464. The molecule has 172 valence electrons. The second-order valence-corrected chi connectivity index (χ2v) is 8.10. The molecule has 0 saturated carbocycles. The van der Waals surface area contributed by atoms with Crippen molar-refractivity contribution in [1.82, 2.24) is 4.90 Å². The highest BCUT2D eigenvalue weighted by molar-refractivity contribution is 5.99. The van der Waals surface area contributed by atoms with Crippen LogP contribution in [0.5, 0.6) is 17.2 Å². The van der Waals surface area contributed by atoms with Gasteiger partial charge in [-0.05, 0) is 53.9 Å². The summed E-state index contributed by atoms with van der Waals surface area (Å²) in [5, 5.41) is 10.2. The van der Waals surface area contributed by atoms with E-state index in [1.807, 2.05) is 18.2 Å². The minimum atomic E-state index is -0.621. The second-order valence-electron chi connectivity index (χ2n) is 8.10. The van der Waals surface area contributed by atoms with Gasteiger partial charge in [-0.2, -0.15) is 0 Å². The van der Waals surface area contributed by atoms with E-state index >= 15 is 0 Å². The molecule has 5 rings (SSSR count). The van der Waals surface area contributed by atoms with Crippen LogP contribution < -0.4 is 14.9 Å². The molecule has 1 aliphatic rings. The zero-order chi connectivity index (χ0) is 23.8. The molecule has 2 heterocycles. The van der Waals surface area contributed by atoms with Gasteiger partial charge in [0.25, 0.3) is 5.91 Å². The van der Waals surface area contributed by atoms with Crippen LogP contribution in [0, 0.1) is 0 Å². The van der Waals surface area contributed by atoms with E-state index in [0.29, 0.717) is 41.0 Å². The number of hydrogen-bond donors (Lipinski definition) is 1. The number of aromatic hydroxyl groups is 1. The summed E-state index contributed by atoms with van der Waals surface area (Å²) in [6.45, 7) is 0.347. The summed E-state index contributed by atoms with van der Waals surface area (Å²) in [5.41, 5.74) is 2.15. The molecule has 0 spiro atoms. The van der Waals surface area contributed by atoms with Crippen LogP contribution in [0.15, 0.2) is 75.9 Å².